The van der Waals surface area contributed by atoms with Crippen LogP contribution in [0.25, 0.3) is 0 Å². The van der Waals surface area contributed by atoms with Gasteiger partial charge in [0.1, 0.15) is 5.75 Å². The fraction of sp³-hybridized carbons (Fsp3) is 0.364. The van der Waals surface area contributed by atoms with Gasteiger partial charge in [0.2, 0.25) is 0 Å². The van der Waals surface area contributed by atoms with E-state index in [9.17, 15) is 18.0 Å². The Kier molecular flexibility index (Phi) is 3.48. The van der Waals surface area contributed by atoms with E-state index in [0.717, 1.165) is 0 Å². The number of carbonyl (C=O) groups is 1. The van der Waals surface area contributed by atoms with Crippen molar-refractivity contribution in [3.63, 3.8) is 0 Å². The smallest absolute Gasteiger partial charge is 0.412 e. The van der Waals surface area contributed by atoms with Crippen molar-refractivity contribution < 1.29 is 22.7 Å². The van der Waals surface area contributed by atoms with Crippen molar-refractivity contribution in [2.24, 2.45) is 5.73 Å². The SMILES string of the molecule is NC(=O)COc1ccc(C2(C(F)(F)F)CN2)cc1Br. The number of ether oxygens (including phenoxy) is 1. The Labute approximate surface area is 115 Å². The molecule has 1 fully saturated rings. The molecule has 0 aromatic heterocycles. The molecule has 1 aliphatic heterocycles. The number of carbonyl (C=O) groups excluding carboxylic acids is 1. The van der Waals surface area contributed by atoms with E-state index in [4.69, 9.17) is 10.5 Å². The lowest BCUT2D eigenvalue weighted by atomic mass is 9.98. The summed E-state index contributed by atoms with van der Waals surface area (Å²) < 4.78 is 44.1. The molecule has 0 spiro atoms. The third-order valence-corrected chi connectivity index (χ3v) is 3.43. The molecule has 19 heavy (non-hydrogen) atoms. The highest BCUT2D eigenvalue weighted by Crippen LogP contribution is 2.47. The summed E-state index contributed by atoms with van der Waals surface area (Å²) in [4.78, 5) is 10.6. The maximum Gasteiger partial charge on any atom is 0.412 e. The normalized spacial score (nSPS) is 22.1. The fourth-order valence-electron chi connectivity index (χ4n) is 1.69. The summed E-state index contributed by atoms with van der Waals surface area (Å²) in [6.07, 6.45) is -4.36. The average molecular weight is 339 g/mol. The number of nitrogens with two attached hydrogens (primary N) is 1. The van der Waals surface area contributed by atoms with Crippen LogP contribution in [0, 0.1) is 0 Å². The minimum absolute atomic E-state index is 0.0956. The zero-order valence-corrected chi connectivity index (χ0v) is 11.1. The van der Waals surface area contributed by atoms with Crippen LogP contribution >= 0.6 is 15.9 Å². The summed E-state index contributed by atoms with van der Waals surface area (Å²) in [6.45, 7) is -0.481. The van der Waals surface area contributed by atoms with Crippen molar-refractivity contribution in [1.29, 1.82) is 0 Å². The Morgan fingerprint density at radius 2 is 2.16 bits per heavy atom. The van der Waals surface area contributed by atoms with Crippen molar-refractivity contribution in [2.45, 2.75) is 11.7 Å². The highest BCUT2D eigenvalue weighted by atomic mass is 79.9. The molecule has 1 aromatic carbocycles. The molecule has 0 radical (unpaired) electrons. The summed E-state index contributed by atoms with van der Waals surface area (Å²) in [5, 5.41) is 2.34. The van der Waals surface area contributed by atoms with Crippen LogP contribution in [0.1, 0.15) is 5.56 Å². The molecule has 1 aromatic rings. The molecule has 0 aliphatic carbocycles. The Morgan fingerprint density at radius 3 is 2.58 bits per heavy atom. The second-order valence-electron chi connectivity index (χ2n) is 4.16. The van der Waals surface area contributed by atoms with E-state index in [1.807, 2.05) is 0 Å². The number of nitrogens with one attached hydrogen (secondary N) is 1. The number of hydrogen-bond donors (Lipinski definition) is 2. The number of rotatable bonds is 4. The van der Waals surface area contributed by atoms with Gasteiger partial charge >= 0.3 is 6.18 Å². The number of amides is 1. The van der Waals surface area contributed by atoms with Gasteiger partial charge in [-0.1, -0.05) is 6.07 Å². The molecular weight excluding hydrogens is 329 g/mol. The molecule has 0 saturated carbocycles. The predicted molar refractivity (Wildman–Crippen MR) is 64.6 cm³/mol. The maximum atomic E-state index is 12.9. The van der Waals surface area contributed by atoms with Crippen molar-refractivity contribution in [3.05, 3.63) is 28.2 Å². The first-order chi connectivity index (χ1) is 8.76. The van der Waals surface area contributed by atoms with Gasteiger partial charge in [0.25, 0.3) is 5.91 Å². The van der Waals surface area contributed by atoms with Crippen LogP contribution in [0.3, 0.4) is 0 Å². The molecule has 3 N–H and O–H groups in total. The predicted octanol–water partition coefficient (Wildman–Crippen LogP) is 1.67. The number of benzene rings is 1. The van der Waals surface area contributed by atoms with Crippen LogP contribution in [-0.4, -0.2) is 25.2 Å². The lowest BCUT2D eigenvalue weighted by Crippen LogP contribution is -2.33. The molecule has 0 bridgehead atoms. The van der Waals surface area contributed by atoms with Gasteiger partial charge in [0, 0.05) is 6.54 Å². The first-order valence-electron chi connectivity index (χ1n) is 5.29. The van der Waals surface area contributed by atoms with Crippen LogP contribution in [0.4, 0.5) is 13.2 Å². The van der Waals surface area contributed by atoms with Crippen molar-refractivity contribution >= 4 is 21.8 Å². The Balaban J connectivity index is 2.23. The van der Waals surface area contributed by atoms with E-state index in [1.54, 1.807) is 0 Å². The number of hydrogen-bond acceptors (Lipinski definition) is 3. The average Bonchev–Trinajstić information content (AvgIpc) is 3.07. The van der Waals surface area contributed by atoms with Crippen LogP contribution in [0.5, 0.6) is 5.75 Å². The fourth-order valence-corrected chi connectivity index (χ4v) is 2.18. The highest BCUT2D eigenvalue weighted by Gasteiger charge is 2.64. The molecule has 1 heterocycles. The Hall–Kier alpha value is -1.28. The van der Waals surface area contributed by atoms with Crippen LogP contribution in [-0.2, 0) is 10.3 Å². The summed E-state index contributed by atoms with van der Waals surface area (Å²) >= 11 is 3.11. The van der Waals surface area contributed by atoms with Gasteiger partial charge < -0.3 is 10.5 Å². The van der Waals surface area contributed by atoms with Gasteiger partial charge in [-0.05, 0) is 33.6 Å². The maximum absolute atomic E-state index is 12.9. The topological polar surface area (TPSA) is 74.3 Å². The first kappa shape index (κ1) is 14.1. The van der Waals surface area contributed by atoms with Crippen molar-refractivity contribution in [1.82, 2.24) is 5.32 Å². The third kappa shape index (κ3) is 2.69. The molecule has 8 heteroatoms. The molecule has 104 valence electrons. The molecule has 4 nitrogen and oxygen atoms in total. The first-order valence-corrected chi connectivity index (χ1v) is 6.08. The minimum atomic E-state index is -4.36. The molecule has 2 rings (SSSR count). The standard InChI is InChI=1S/C11H10BrF3N2O2/c12-7-3-6(10(5-17-10)11(13,14)15)1-2-8(7)19-4-9(16)18/h1-3,17H,4-5H2,(H2,16,18). The Bertz CT molecular complexity index is 515. The van der Waals surface area contributed by atoms with Gasteiger partial charge in [-0.3, -0.25) is 10.1 Å². The third-order valence-electron chi connectivity index (χ3n) is 2.81. The minimum Gasteiger partial charge on any atom is -0.483 e. The summed E-state index contributed by atoms with van der Waals surface area (Å²) in [6, 6.07) is 4.01. The summed E-state index contributed by atoms with van der Waals surface area (Å²) in [5.41, 5.74) is 3.04. The lowest BCUT2D eigenvalue weighted by Gasteiger charge is -2.19. The zero-order chi connectivity index (χ0) is 14.3. The van der Waals surface area contributed by atoms with Gasteiger partial charge in [-0.15, -0.1) is 0 Å². The van der Waals surface area contributed by atoms with Crippen molar-refractivity contribution in [3.8, 4) is 5.75 Å². The van der Waals surface area contributed by atoms with E-state index in [1.165, 1.54) is 18.2 Å². The number of halogens is 4. The molecule has 1 atom stereocenters. The quantitative estimate of drug-likeness (QED) is 0.820. The summed E-state index contributed by atoms with van der Waals surface area (Å²) in [7, 11) is 0. The highest BCUT2D eigenvalue weighted by molar-refractivity contribution is 9.10. The zero-order valence-electron chi connectivity index (χ0n) is 9.55. The monoisotopic (exact) mass is 338 g/mol. The van der Waals surface area contributed by atoms with E-state index < -0.39 is 17.6 Å². The second-order valence-corrected chi connectivity index (χ2v) is 5.01. The largest absolute Gasteiger partial charge is 0.483 e. The van der Waals surface area contributed by atoms with Crippen LogP contribution in [0.2, 0.25) is 0 Å². The van der Waals surface area contributed by atoms with Gasteiger partial charge in [-0.25, -0.2) is 0 Å². The number of primary amides is 1. The van der Waals surface area contributed by atoms with Crippen molar-refractivity contribution in [2.75, 3.05) is 13.2 Å². The molecule has 1 aliphatic rings. The van der Waals surface area contributed by atoms with E-state index in [0.29, 0.717) is 4.47 Å². The molecule has 1 saturated heterocycles. The van der Waals surface area contributed by atoms with Gasteiger partial charge in [0.15, 0.2) is 12.1 Å². The second kappa shape index (κ2) is 4.68. The Morgan fingerprint density at radius 1 is 1.53 bits per heavy atom. The van der Waals surface area contributed by atoms with Crippen LogP contribution in [0.15, 0.2) is 22.7 Å². The summed E-state index contributed by atoms with van der Waals surface area (Å²) in [5.74, 6) is -0.396. The van der Waals surface area contributed by atoms with Gasteiger partial charge in [-0.2, -0.15) is 13.2 Å². The molecular formula is C11H10BrF3N2O2. The number of alkyl halides is 3. The van der Waals surface area contributed by atoms with E-state index in [-0.39, 0.29) is 24.5 Å². The lowest BCUT2D eigenvalue weighted by molar-refractivity contribution is -0.161. The molecule has 1 amide bonds. The van der Waals surface area contributed by atoms with E-state index in [2.05, 4.69) is 21.2 Å². The van der Waals surface area contributed by atoms with E-state index >= 15 is 0 Å². The van der Waals surface area contributed by atoms with Gasteiger partial charge in [0.05, 0.1) is 4.47 Å². The molecule has 1 unspecified atom stereocenters. The van der Waals surface area contributed by atoms with Crippen LogP contribution < -0.4 is 15.8 Å².